The number of rotatable bonds is 3. The minimum atomic E-state index is -3.05. The Bertz CT molecular complexity index is 592. The van der Waals surface area contributed by atoms with Gasteiger partial charge in [0.2, 0.25) is 5.78 Å². The maximum atomic E-state index is 12.3. The van der Waals surface area contributed by atoms with E-state index in [1.54, 1.807) is 0 Å². The second kappa shape index (κ2) is 5.92. The number of hydrogen-bond donors (Lipinski definition) is 8. The van der Waals surface area contributed by atoms with Crippen LogP contribution < -0.4 is 0 Å². The summed E-state index contributed by atoms with van der Waals surface area (Å²) in [5.74, 6) is -7.08. The molecule has 1 fully saturated rings. The van der Waals surface area contributed by atoms with Gasteiger partial charge >= 0.3 is 0 Å². The fourth-order valence-electron chi connectivity index (χ4n) is 2.28. The van der Waals surface area contributed by atoms with Gasteiger partial charge in [-0.2, -0.15) is 0 Å². The van der Waals surface area contributed by atoms with Gasteiger partial charge in [-0.15, -0.1) is 0 Å². The lowest BCUT2D eigenvalue weighted by atomic mass is 9.87. The predicted molar refractivity (Wildman–Crippen MR) is 70.7 cm³/mol. The molecule has 5 atom stereocenters. The van der Waals surface area contributed by atoms with E-state index in [9.17, 15) is 40.5 Å². The van der Waals surface area contributed by atoms with Crippen molar-refractivity contribution in [3.05, 3.63) is 17.7 Å². The third-order valence-electron chi connectivity index (χ3n) is 3.62. The molecule has 1 aliphatic heterocycles. The van der Waals surface area contributed by atoms with Gasteiger partial charge in [0.05, 0.1) is 6.61 Å². The number of carbonyl (C=O) groups is 1. The second-order valence-corrected chi connectivity index (χ2v) is 5.15. The summed E-state index contributed by atoms with van der Waals surface area (Å²) in [5.41, 5.74) is -0.556. The molecule has 128 valence electrons. The van der Waals surface area contributed by atoms with Gasteiger partial charge in [0.25, 0.3) is 5.79 Å². The van der Waals surface area contributed by atoms with Crippen LogP contribution in [0.1, 0.15) is 10.4 Å². The average Bonchev–Trinajstić information content (AvgIpc) is 2.52. The van der Waals surface area contributed by atoms with Crippen molar-refractivity contribution in [2.24, 2.45) is 0 Å². The maximum Gasteiger partial charge on any atom is 0.261 e. The van der Waals surface area contributed by atoms with Crippen LogP contribution in [0.5, 0.6) is 17.2 Å². The molecule has 1 aromatic rings. The zero-order chi connectivity index (χ0) is 17.5. The first-order chi connectivity index (χ1) is 10.6. The van der Waals surface area contributed by atoms with Gasteiger partial charge < -0.3 is 45.6 Å². The molecule has 1 saturated heterocycles. The van der Waals surface area contributed by atoms with Crippen molar-refractivity contribution in [2.75, 3.05) is 6.61 Å². The van der Waals surface area contributed by atoms with E-state index in [1.807, 2.05) is 0 Å². The Balaban J connectivity index is 2.44. The van der Waals surface area contributed by atoms with Gasteiger partial charge in [-0.05, 0) is 12.1 Å². The Morgan fingerprint density at radius 1 is 1.09 bits per heavy atom. The number of ketones is 1. The molecule has 1 aliphatic rings. The first-order valence-electron chi connectivity index (χ1n) is 6.48. The SMILES string of the molecule is O=C(c1cc(O)c(O)c(O)c1)C1(O)OC(CO)C(O)C(O)C1O. The molecule has 23 heavy (non-hydrogen) atoms. The molecule has 1 aromatic carbocycles. The third kappa shape index (κ3) is 2.72. The van der Waals surface area contributed by atoms with E-state index in [1.165, 1.54) is 0 Å². The van der Waals surface area contributed by atoms with Crippen LogP contribution in [0.25, 0.3) is 0 Å². The van der Waals surface area contributed by atoms with Gasteiger partial charge in [0, 0.05) is 5.56 Å². The predicted octanol–water partition coefficient (Wildman–Crippen LogP) is -2.85. The summed E-state index contributed by atoms with van der Waals surface area (Å²) in [7, 11) is 0. The van der Waals surface area contributed by atoms with Crippen LogP contribution in [0.3, 0.4) is 0 Å². The Hall–Kier alpha value is -1.95. The Labute approximate surface area is 129 Å². The lowest BCUT2D eigenvalue weighted by Gasteiger charge is -2.44. The first-order valence-corrected chi connectivity index (χ1v) is 6.48. The van der Waals surface area contributed by atoms with Crippen molar-refractivity contribution in [1.29, 1.82) is 0 Å². The highest BCUT2D eigenvalue weighted by molar-refractivity contribution is 6.02. The average molecular weight is 332 g/mol. The molecule has 10 nitrogen and oxygen atoms in total. The summed E-state index contributed by atoms with van der Waals surface area (Å²) in [6, 6.07) is 1.38. The van der Waals surface area contributed by atoms with Crippen molar-refractivity contribution in [3.8, 4) is 17.2 Å². The van der Waals surface area contributed by atoms with Crippen LogP contribution in [0, 0.1) is 0 Å². The number of phenols is 3. The molecule has 0 amide bonds. The van der Waals surface area contributed by atoms with Crippen LogP contribution in [-0.4, -0.2) is 83.4 Å². The van der Waals surface area contributed by atoms with Gasteiger partial charge in [-0.1, -0.05) is 0 Å². The molecule has 0 aromatic heterocycles. The van der Waals surface area contributed by atoms with Crippen LogP contribution in [0.2, 0.25) is 0 Å². The number of aliphatic hydroxyl groups is 5. The minimum Gasteiger partial charge on any atom is -0.504 e. The standard InChI is InChI=1S/C13H16O10/c14-3-7-9(18)10(19)12(21)13(22,23-7)11(20)4-1-5(15)8(17)6(16)2-4/h1-2,7,9-10,12,14-19,21-22H,3H2. The second-order valence-electron chi connectivity index (χ2n) is 5.15. The molecular weight excluding hydrogens is 316 g/mol. The molecule has 1 heterocycles. The van der Waals surface area contributed by atoms with E-state index in [0.29, 0.717) is 12.1 Å². The van der Waals surface area contributed by atoms with Gasteiger partial charge in [0.1, 0.15) is 24.4 Å². The van der Waals surface area contributed by atoms with Crippen molar-refractivity contribution < 1.29 is 50.4 Å². The fourth-order valence-corrected chi connectivity index (χ4v) is 2.28. The highest BCUT2D eigenvalue weighted by atomic mass is 16.7. The molecule has 10 heteroatoms. The van der Waals surface area contributed by atoms with E-state index in [4.69, 9.17) is 9.84 Å². The third-order valence-corrected chi connectivity index (χ3v) is 3.62. The summed E-state index contributed by atoms with van der Waals surface area (Å²) in [6.45, 7) is -0.868. The summed E-state index contributed by atoms with van der Waals surface area (Å²) in [5, 5.41) is 76.5. The lowest BCUT2D eigenvalue weighted by molar-refractivity contribution is -0.322. The highest BCUT2D eigenvalue weighted by Gasteiger charge is 2.57. The summed E-state index contributed by atoms with van der Waals surface area (Å²) < 4.78 is 4.81. The van der Waals surface area contributed by atoms with Crippen molar-refractivity contribution in [1.82, 2.24) is 0 Å². The first kappa shape index (κ1) is 17.4. The van der Waals surface area contributed by atoms with Gasteiger partial charge in [-0.3, -0.25) is 4.79 Å². The van der Waals surface area contributed by atoms with Crippen LogP contribution in [-0.2, 0) is 4.74 Å². The Kier molecular flexibility index (Phi) is 4.48. The highest BCUT2D eigenvalue weighted by Crippen LogP contribution is 2.38. The van der Waals surface area contributed by atoms with E-state index in [2.05, 4.69) is 0 Å². The van der Waals surface area contributed by atoms with Gasteiger partial charge in [-0.25, -0.2) is 0 Å². The Morgan fingerprint density at radius 2 is 1.61 bits per heavy atom. The molecule has 0 bridgehead atoms. The largest absolute Gasteiger partial charge is 0.504 e. The fraction of sp³-hybridized carbons (Fsp3) is 0.462. The molecule has 8 N–H and O–H groups in total. The lowest BCUT2D eigenvalue weighted by Crippen LogP contribution is -2.68. The number of hydrogen-bond acceptors (Lipinski definition) is 10. The van der Waals surface area contributed by atoms with Gasteiger partial charge in [0.15, 0.2) is 17.2 Å². The zero-order valence-corrected chi connectivity index (χ0v) is 11.6. The van der Waals surface area contributed by atoms with E-state index in [0.717, 1.165) is 0 Å². The number of benzene rings is 1. The monoisotopic (exact) mass is 332 g/mol. The zero-order valence-electron chi connectivity index (χ0n) is 11.6. The number of phenolic OH excluding ortho intramolecular Hbond substituents is 3. The molecule has 0 saturated carbocycles. The summed E-state index contributed by atoms with van der Waals surface area (Å²) in [4.78, 5) is 12.3. The molecule has 0 spiro atoms. The van der Waals surface area contributed by atoms with Crippen molar-refractivity contribution in [2.45, 2.75) is 30.2 Å². The topological polar surface area (TPSA) is 188 Å². The Morgan fingerprint density at radius 3 is 2.09 bits per heavy atom. The van der Waals surface area contributed by atoms with Crippen LogP contribution >= 0.6 is 0 Å². The number of aliphatic hydroxyl groups excluding tert-OH is 4. The minimum absolute atomic E-state index is 0.556. The summed E-state index contributed by atoms with van der Waals surface area (Å²) in [6.07, 6.45) is -7.61. The molecule has 0 aliphatic carbocycles. The molecule has 2 rings (SSSR count). The number of Topliss-reactive ketones (excluding diaryl/α,β-unsaturated/α-hetero) is 1. The van der Waals surface area contributed by atoms with Crippen LogP contribution in [0.15, 0.2) is 12.1 Å². The summed E-state index contributed by atoms with van der Waals surface area (Å²) >= 11 is 0. The smallest absolute Gasteiger partial charge is 0.261 e. The van der Waals surface area contributed by atoms with E-state index in [-0.39, 0.29) is 0 Å². The maximum absolute atomic E-state index is 12.3. The van der Waals surface area contributed by atoms with Crippen molar-refractivity contribution >= 4 is 5.78 Å². The van der Waals surface area contributed by atoms with Crippen molar-refractivity contribution in [3.63, 3.8) is 0 Å². The van der Waals surface area contributed by atoms with E-state index < -0.39 is 65.4 Å². The molecular formula is C13H16O10. The molecule has 5 unspecified atom stereocenters. The number of aromatic hydroxyl groups is 3. The normalized spacial score (nSPS) is 34.3. The molecule has 0 radical (unpaired) electrons. The quantitative estimate of drug-likeness (QED) is 0.211. The number of carbonyl (C=O) groups excluding carboxylic acids is 1. The van der Waals surface area contributed by atoms with Crippen LogP contribution in [0.4, 0.5) is 0 Å². The number of ether oxygens (including phenoxy) is 1. The van der Waals surface area contributed by atoms with E-state index >= 15 is 0 Å².